The first-order valence-corrected chi connectivity index (χ1v) is 6.97. The van der Waals surface area contributed by atoms with E-state index in [0.717, 1.165) is 18.1 Å². The fraction of sp³-hybridized carbons (Fsp3) is 0.500. The van der Waals surface area contributed by atoms with Crippen LogP contribution in [0, 0.1) is 6.92 Å². The highest BCUT2D eigenvalue weighted by Crippen LogP contribution is 2.12. The van der Waals surface area contributed by atoms with Crippen LogP contribution in [0.15, 0.2) is 18.6 Å². The van der Waals surface area contributed by atoms with Crippen molar-refractivity contribution < 1.29 is 9.90 Å². The zero-order chi connectivity index (χ0) is 15.4. The second kappa shape index (κ2) is 6.53. The molecule has 7 heteroatoms. The summed E-state index contributed by atoms with van der Waals surface area (Å²) in [6, 6.07) is 0. The van der Waals surface area contributed by atoms with Gasteiger partial charge in [-0.1, -0.05) is 0 Å². The van der Waals surface area contributed by atoms with Crippen LogP contribution in [-0.2, 0) is 20.1 Å². The van der Waals surface area contributed by atoms with Crippen LogP contribution in [0.25, 0.3) is 0 Å². The Kier molecular flexibility index (Phi) is 4.74. The number of nitrogens with zero attached hydrogens (tertiary/aromatic N) is 5. The van der Waals surface area contributed by atoms with Crippen molar-refractivity contribution >= 4 is 5.91 Å². The second-order valence-corrected chi connectivity index (χ2v) is 4.86. The number of hydrogen-bond acceptors (Lipinski definition) is 4. The molecule has 0 radical (unpaired) electrons. The molecule has 0 fully saturated rings. The average Bonchev–Trinajstić information content (AvgIpc) is 3.04. The van der Waals surface area contributed by atoms with Crippen LogP contribution in [0.1, 0.15) is 28.8 Å². The first kappa shape index (κ1) is 15.2. The molecule has 0 atom stereocenters. The quantitative estimate of drug-likeness (QED) is 0.844. The summed E-state index contributed by atoms with van der Waals surface area (Å²) in [5.41, 5.74) is 1.41. The van der Waals surface area contributed by atoms with Gasteiger partial charge in [-0.2, -0.15) is 5.10 Å². The van der Waals surface area contributed by atoms with Crippen molar-refractivity contribution in [2.45, 2.75) is 26.9 Å². The van der Waals surface area contributed by atoms with Crippen molar-refractivity contribution in [1.29, 1.82) is 0 Å². The minimum absolute atomic E-state index is 0.0862. The smallest absolute Gasteiger partial charge is 0.257 e. The lowest BCUT2D eigenvalue weighted by Crippen LogP contribution is -2.34. The van der Waals surface area contributed by atoms with E-state index in [2.05, 4.69) is 10.1 Å². The lowest BCUT2D eigenvalue weighted by atomic mass is 10.2. The van der Waals surface area contributed by atoms with Gasteiger partial charge in [-0.3, -0.25) is 9.48 Å². The Balaban J connectivity index is 2.22. The monoisotopic (exact) mass is 291 g/mol. The van der Waals surface area contributed by atoms with Crippen LogP contribution in [-0.4, -0.2) is 48.4 Å². The Bertz CT molecular complexity index is 617. The van der Waals surface area contributed by atoms with Gasteiger partial charge in [0.25, 0.3) is 5.91 Å². The molecule has 2 rings (SSSR count). The standard InChI is InChI=1S/C14H21N5O2/c1-4-19-11(2)12(9-16-19)14(21)18(7-8-20)10-13-15-5-6-17(13)3/h5-6,9,20H,4,7-8,10H2,1-3H3. The molecule has 0 saturated heterocycles. The first-order valence-electron chi connectivity index (χ1n) is 6.97. The van der Waals surface area contributed by atoms with Crippen molar-refractivity contribution in [3.05, 3.63) is 35.7 Å². The maximum absolute atomic E-state index is 12.6. The van der Waals surface area contributed by atoms with Crippen molar-refractivity contribution in [3.63, 3.8) is 0 Å². The topological polar surface area (TPSA) is 76.2 Å². The van der Waals surface area contributed by atoms with Gasteiger partial charge < -0.3 is 14.6 Å². The van der Waals surface area contributed by atoms with Crippen molar-refractivity contribution in [2.24, 2.45) is 7.05 Å². The number of aromatic nitrogens is 4. The number of carbonyl (C=O) groups is 1. The summed E-state index contributed by atoms with van der Waals surface area (Å²) in [6.07, 6.45) is 5.11. The molecule has 0 aromatic carbocycles. The number of rotatable bonds is 6. The summed E-state index contributed by atoms with van der Waals surface area (Å²) in [6.45, 7) is 5.12. The maximum Gasteiger partial charge on any atom is 0.257 e. The third-order valence-electron chi connectivity index (χ3n) is 3.54. The Morgan fingerprint density at radius 1 is 1.48 bits per heavy atom. The third-order valence-corrected chi connectivity index (χ3v) is 3.54. The molecule has 21 heavy (non-hydrogen) atoms. The maximum atomic E-state index is 12.6. The summed E-state index contributed by atoms with van der Waals surface area (Å²) in [4.78, 5) is 18.5. The van der Waals surface area contributed by atoms with E-state index in [-0.39, 0.29) is 19.1 Å². The molecule has 7 nitrogen and oxygen atoms in total. The SMILES string of the molecule is CCn1ncc(C(=O)N(CCO)Cc2nccn2C)c1C. The second-order valence-electron chi connectivity index (χ2n) is 4.86. The van der Waals surface area contributed by atoms with E-state index in [4.69, 9.17) is 0 Å². The molecule has 2 aromatic rings. The molecule has 0 bridgehead atoms. The fourth-order valence-corrected chi connectivity index (χ4v) is 2.24. The van der Waals surface area contributed by atoms with Gasteiger partial charge in [-0.25, -0.2) is 4.98 Å². The van der Waals surface area contributed by atoms with E-state index in [1.165, 1.54) is 0 Å². The largest absolute Gasteiger partial charge is 0.395 e. The Hall–Kier alpha value is -2.15. The molecular weight excluding hydrogens is 270 g/mol. The van der Waals surface area contributed by atoms with E-state index in [1.807, 2.05) is 31.7 Å². The lowest BCUT2D eigenvalue weighted by molar-refractivity contribution is 0.0700. The lowest BCUT2D eigenvalue weighted by Gasteiger charge is -2.21. The predicted octanol–water partition coefficient (Wildman–Crippen LogP) is 0.580. The third kappa shape index (κ3) is 3.13. The van der Waals surface area contributed by atoms with E-state index in [1.54, 1.807) is 22.0 Å². The number of carbonyl (C=O) groups excluding carboxylic acids is 1. The zero-order valence-electron chi connectivity index (χ0n) is 12.7. The van der Waals surface area contributed by atoms with Crippen LogP contribution in [0.3, 0.4) is 0 Å². The number of imidazole rings is 1. The summed E-state index contributed by atoms with van der Waals surface area (Å²) in [5, 5.41) is 13.4. The number of aryl methyl sites for hydroxylation is 2. The van der Waals surface area contributed by atoms with Crippen LogP contribution in [0.4, 0.5) is 0 Å². The summed E-state index contributed by atoms with van der Waals surface area (Å²) in [7, 11) is 1.88. The summed E-state index contributed by atoms with van der Waals surface area (Å²) < 4.78 is 3.64. The normalized spacial score (nSPS) is 10.9. The van der Waals surface area contributed by atoms with Crippen LogP contribution in [0.5, 0.6) is 0 Å². The fourth-order valence-electron chi connectivity index (χ4n) is 2.24. The molecule has 1 amide bonds. The van der Waals surface area contributed by atoms with Gasteiger partial charge in [0.05, 0.1) is 24.9 Å². The van der Waals surface area contributed by atoms with Gasteiger partial charge in [-0.05, 0) is 13.8 Å². The highest BCUT2D eigenvalue weighted by molar-refractivity contribution is 5.95. The molecule has 0 aliphatic heterocycles. The van der Waals surface area contributed by atoms with Gasteiger partial charge in [0.15, 0.2) is 0 Å². The molecule has 0 aliphatic carbocycles. The molecule has 0 unspecified atom stereocenters. The molecule has 0 spiro atoms. The van der Waals surface area contributed by atoms with Crippen LogP contribution >= 0.6 is 0 Å². The van der Waals surface area contributed by atoms with Gasteiger partial charge in [-0.15, -0.1) is 0 Å². The Morgan fingerprint density at radius 2 is 2.24 bits per heavy atom. The molecule has 2 heterocycles. The molecule has 2 aromatic heterocycles. The molecule has 0 saturated carbocycles. The molecule has 0 aliphatic rings. The molecular formula is C14H21N5O2. The Labute approximate surface area is 123 Å². The van der Waals surface area contributed by atoms with Gasteiger partial charge >= 0.3 is 0 Å². The van der Waals surface area contributed by atoms with E-state index >= 15 is 0 Å². The van der Waals surface area contributed by atoms with Gasteiger partial charge in [0.1, 0.15) is 5.82 Å². The molecule has 114 valence electrons. The summed E-state index contributed by atoms with van der Waals surface area (Å²) >= 11 is 0. The highest BCUT2D eigenvalue weighted by atomic mass is 16.3. The highest BCUT2D eigenvalue weighted by Gasteiger charge is 2.21. The predicted molar refractivity (Wildman–Crippen MR) is 77.7 cm³/mol. The zero-order valence-corrected chi connectivity index (χ0v) is 12.7. The minimum Gasteiger partial charge on any atom is -0.395 e. The minimum atomic E-state index is -0.135. The van der Waals surface area contributed by atoms with E-state index < -0.39 is 0 Å². The Morgan fingerprint density at radius 3 is 2.76 bits per heavy atom. The van der Waals surface area contributed by atoms with E-state index in [9.17, 15) is 9.90 Å². The van der Waals surface area contributed by atoms with E-state index in [0.29, 0.717) is 12.1 Å². The first-order chi connectivity index (χ1) is 10.1. The number of aliphatic hydroxyl groups is 1. The van der Waals surface area contributed by atoms with Crippen molar-refractivity contribution in [1.82, 2.24) is 24.2 Å². The number of hydrogen-bond donors (Lipinski definition) is 1. The summed E-state index contributed by atoms with van der Waals surface area (Å²) in [5.74, 6) is 0.640. The average molecular weight is 291 g/mol. The number of aliphatic hydroxyl groups excluding tert-OH is 1. The number of amides is 1. The van der Waals surface area contributed by atoms with Crippen molar-refractivity contribution in [2.75, 3.05) is 13.2 Å². The van der Waals surface area contributed by atoms with Crippen molar-refractivity contribution in [3.8, 4) is 0 Å². The molecule has 1 N–H and O–H groups in total. The van der Waals surface area contributed by atoms with Gasteiger partial charge in [0.2, 0.25) is 0 Å². The van der Waals surface area contributed by atoms with Crippen LogP contribution < -0.4 is 0 Å². The van der Waals surface area contributed by atoms with Gasteiger partial charge in [0, 0.05) is 38.2 Å². The van der Waals surface area contributed by atoms with Crippen LogP contribution in [0.2, 0.25) is 0 Å².